The van der Waals surface area contributed by atoms with Crippen LogP contribution in [0, 0.1) is 11.8 Å². The van der Waals surface area contributed by atoms with E-state index >= 15 is 0 Å². The molecule has 1 nitrogen and oxygen atoms in total. The van der Waals surface area contributed by atoms with Gasteiger partial charge >= 0.3 is 0 Å². The number of benzene rings is 10. The summed E-state index contributed by atoms with van der Waals surface area (Å²) in [4.78, 5) is 2.69. The maximum atomic E-state index is 2.69. The molecule has 4 atom stereocenters. The van der Waals surface area contributed by atoms with E-state index in [9.17, 15) is 0 Å². The van der Waals surface area contributed by atoms with Gasteiger partial charge in [0, 0.05) is 11.1 Å². The lowest BCUT2D eigenvalue weighted by Gasteiger charge is -2.39. The lowest BCUT2D eigenvalue weighted by molar-refractivity contribution is 0.312. The molecule has 67 heavy (non-hydrogen) atoms. The van der Waals surface area contributed by atoms with Crippen LogP contribution in [0.15, 0.2) is 224 Å². The molecule has 0 N–H and O–H groups in total. The van der Waals surface area contributed by atoms with Crippen molar-refractivity contribution < 1.29 is 0 Å². The minimum Gasteiger partial charge on any atom is -0.309 e. The summed E-state index contributed by atoms with van der Waals surface area (Å²) in [7, 11) is 0. The Morgan fingerprint density at radius 3 is 1.64 bits per heavy atom. The van der Waals surface area contributed by atoms with E-state index < -0.39 is 0 Å². The van der Waals surface area contributed by atoms with Crippen LogP contribution in [-0.4, -0.2) is 0 Å². The third-order valence-electron chi connectivity index (χ3n) is 16.0. The Bertz CT molecular complexity index is 3570. The second-order valence-corrected chi connectivity index (χ2v) is 19.5. The highest BCUT2D eigenvalue weighted by Gasteiger charge is 2.46. The number of rotatable bonds is 5. The van der Waals surface area contributed by atoms with Crippen LogP contribution in [0.2, 0.25) is 0 Å². The minimum absolute atomic E-state index is 0.466. The highest BCUT2D eigenvalue weighted by atomic mass is 15.2. The molecule has 0 radical (unpaired) electrons. The fourth-order valence-corrected chi connectivity index (χ4v) is 13.4. The highest BCUT2D eigenvalue weighted by Crippen LogP contribution is 2.62. The first-order valence-corrected chi connectivity index (χ1v) is 24.4. The highest BCUT2D eigenvalue weighted by molar-refractivity contribution is 6.12. The van der Waals surface area contributed by atoms with Gasteiger partial charge in [-0.3, -0.25) is 0 Å². The van der Waals surface area contributed by atoms with Gasteiger partial charge in [0.05, 0.1) is 17.1 Å². The van der Waals surface area contributed by atoms with E-state index in [2.05, 4.69) is 229 Å². The number of fused-ring (bicyclic) bond motifs is 16. The Balaban J connectivity index is 1.11. The van der Waals surface area contributed by atoms with E-state index in [1.807, 2.05) is 0 Å². The van der Waals surface area contributed by atoms with Crippen LogP contribution >= 0.6 is 0 Å². The van der Waals surface area contributed by atoms with Gasteiger partial charge in [0.15, 0.2) is 0 Å². The van der Waals surface area contributed by atoms with E-state index in [-0.39, 0.29) is 0 Å². The van der Waals surface area contributed by atoms with Crippen molar-refractivity contribution in [2.75, 3.05) is 4.90 Å². The van der Waals surface area contributed by atoms with Crippen molar-refractivity contribution in [2.24, 2.45) is 11.8 Å². The zero-order valence-electron chi connectivity index (χ0n) is 37.4. The largest absolute Gasteiger partial charge is 0.309 e. The smallest absolute Gasteiger partial charge is 0.0546 e. The lowest BCUT2D eigenvalue weighted by Crippen LogP contribution is -2.22. The first-order chi connectivity index (χ1) is 33.3. The van der Waals surface area contributed by atoms with Crippen LogP contribution in [0.3, 0.4) is 0 Å². The minimum atomic E-state index is 0.466. The molecule has 1 heteroatoms. The average molecular weight is 856 g/mol. The number of hydrogen-bond donors (Lipinski definition) is 0. The Kier molecular flexibility index (Phi) is 8.87. The molecule has 3 bridgehead atoms. The van der Waals surface area contributed by atoms with Gasteiger partial charge in [0.1, 0.15) is 0 Å². The first kappa shape index (κ1) is 38.5. The van der Waals surface area contributed by atoms with Crippen molar-refractivity contribution in [1.29, 1.82) is 0 Å². The Labute approximate surface area is 393 Å². The van der Waals surface area contributed by atoms with Crippen molar-refractivity contribution in [3.05, 3.63) is 236 Å². The van der Waals surface area contributed by atoms with Gasteiger partial charge in [0.25, 0.3) is 0 Å². The maximum Gasteiger partial charge on any atom is 0.0546 e. The van der Waals surface area contributed by atoms with E-state index in [1.165, 1.54) is 137 Å². The van der Waals surface area contributed by atoms with Crippen molar-refractivity contribution in [3.8, 4) is 77.9 Å². The summed E-state index contributed by atoms with van der Waals surface area (Å²) in [6.45, 7) is 0. The van der Waals surface area contributed by atoms with Gasteiger partial charge in [-0.05, 0) is 156 Å². The van der Waals surface area contributed by atoms with Crippen LogP contribution in [0.4, 0.5) is 17.1 Å². The molecule has 0 aromatic heterocycles. The molecule has 318 valence electrons. The molecule has 0 spiro atoms. The Hall–Kier alpha value is -7.74. The molecule has 0 aliphatic heterocycles. The number of hydrogen-bond acceptors (Lipinski definition) is 1. The molecule has 0 saturated heterocycles. The predicted molar refractivity (Wildman–Crippen MR) is 281 cm³/mol. The van der Waals surface area contributed by atoms with E-state index in [0.29, 0.717) is 17.8 Å². The summed E-state index contributed by atoms with van der Waals surface area (Å²) in [5, 5.41) is 2.51. The van der Waals surface area contributed by atoms with Crippen molar-refractivity contribution >= 4 is 27.8 Å². The molecule has 14 rings (SSSR count). The third-order valence-corrected chi connectivity index (χ3v) is 16.0. The van der Waals surface area contributed by atoms with Crippen molar-refractivity contribution in [2.45, 2.75) is 37.5 Å². The fraction of sp³-hybridized carbons (Fsp3) is 0.121. The summed E-state index contributed by atoms with van der Waals surface area (Å²) < 4.78 is 0. The van der Waals surface area contributed by atoms with Crippen LogP contribution in [0.5, 0.6) is 0 Å². The molecule has 0 amide bonds. The van der Waals surface area contributed by atoms with Crippen LogP contribution in [0.1, 0.15) is 48.6 Å². The molecule has 0 heterocycles. The van der Waals surface area contributed by atoms with Crippen LogP contribution < -0.4 is 4.90 Å². The average Bonchev–Trinajstić information content (AvgIpc) is 3.71. The molecule has 10 aromatic rings. The van der Waals surface area contributed by atoms with E-state index in [1.54, 1.807) is 5.56 Å². The van der Waals surface area contributed by atoms with Gasteiger partial charge in [-0.2, -0.15) is 0 Å². The second kappa shape index (κ2) is 15.4. The summed E-state index contributed by atoms with van der Waals surface area (Å²) in [6.07, 6.45) is 5.16. The molecule has 2 saturated carbocycles. The molecule has 2 fully saturated rings. The second-order valence-electron chi connectivity index (χ2n) is 19.5. The summed E-state index contributed by atoms with van der Waals surface area (Å²) >= 11 is 0. The van der Waals surface area contributed by atoms with Crippen LogP contribution in [0.25, 0.3) is 88.7 Å². The van der Waals surface area contributed by atoms with Gasteiger partial charge in [-0.25, -0.2) is 0 Å². The molecule has 4 aliphatic rings. The molecule has 10 aromatic carbocycles. The number of para-hydroxylation sites is 1. The molecule has 4 aliphatic carbocycles. The molecular formula is C66H49N. The summed E-state index contributed by atoms with van der Waals surface area (Å²) in [6, 6.07) is 84.9. The SMILES string of the molecule is c1ccc(-c2ccccc2N(c2cccc3c2-c2ccccc2-c2ccccc2-c2c-3cccc2-c2cccc3ccccc23)c2cccc3c2C2CC4CC(C2)C(C4)c2ccccc2-3)cc1. The monoisotopic (exact) mass is 855 g/mol. The van der Waals surface area contributed by atoms with Gasteiger partial charge < -0.3 is 4.90 Å². The maximum absolute atomic E-state index is 2.69. The topological polar surface area (TPSA) is 3.24 Å². The fourth-order valence-electron chi connectivity index (χ4n) is 13.4. The molecule has 4 unspecified atom stereocenters. The van der Waals surface area contributed by atoms with Gasteiger partial charge in [-0.1, -0.05) is 206 Å². The quantitative estimate of drug-likeness (QED) is 0.167. The summed E-state index contributed by atoms with van der Waals surface area (Å²) in [5.74, 6) is 2.58. The van der Waals surface area contributed by atoms with Gasteiger partial charge in [0.2, 0.25) is 0 Å². The third kappa shape index (κ3) is 6.00. The molecular weight excluding hydrogens is 807 g/mol. The van der Waals surface area contributed by atoms with E-state index in [4.69, 9.17) is 0 Å². The zero-order chi connectivity index (χ0) is 44.0. The van der Waals surface area contributed by atoms with Gasteiger partial charge in [-0.15, -0.1) is 0 Å². The summed E-state index contributed by atoms with van der Waals surface area (Å²) in [5.41, 5.74) is 24.5. The zero-order valence-corrected chi connectivity index (χ0v) is 37.4. The van der Waals surface area contributed by atoms with Crippen molar-refractivity contribution in [3.63, 3.8) is 0 Å². The lowest BCUT2D eigenvalue weighted by atomic mass is 9.70. The van der Waals surface area contributed by atoms with Crippen LogP contribution in [-0.2, 0) is 0 Å². The van der Waals surface area contributed by atoms with E-state index in [0.717, 1.165) is 5.92 Å². The Morgan fingerprint density at radius 2 is 0.836 bits per heavy atom. The Morgan fingerprint density at radius 1 is 0.313 bits per heavy atom. The standard InChI is InChI=1S/C66H49N/c1-2-18-44(19-3-1)48-23-12-13-35-61(48)67(62-36-16-33-54-52-26-6-7-27-53(52)60-40-42-38-45(60)41-46(39-42)64(54)62)63-37-17-34-59-58-32-15-31-56(49-30-14-21-43-20-4-5-22-47(43)49)65(58)55-28-10-8-24-50(55)51-25-9-11-29-57(51)66(59)63/h1-37,42,45-46,60H,38-41H2. The van der Waals surface area contributed by atoms with Crippen molar-refractivity contribution in [1.82, 2.24) is 0 Å². The normalized spacial score (nSPS) is 18.2. The number of nitrogens with zero attached hydrogens (tertiary/aromatic N) is 1. The first-order valence-electron chi connectivity index (χ1n) is 24.4. The number of anilines is 3. The predicted octanol–water partition coefficient (Wildman–Crippen LogP) is 18.3.